The van der Waals surface area contributed by atoms with Crippen molar-refractivity contribution in [3.8, 4) is 5.75 Å². The summed E-state index contributed by atoms with van der Waals surface area (Å²) in [6.45, 7) is 2.20. The number of hydrogen-bond acceptors (Lipinski definition) is 3. The van der Waals surface area contributed by atoms with Gasteiger partial charge in [-0.05, 0) is 43.4 Å². The first-order valence-corrected chi connectivity index (χ1v) is 6.88. The molecule has 0 amide bonds. The molecule has 0 aromatic heterocycles. The van der Waals surface area contributed by atoms with Crippen molar-refractivity contribution in [2.45, 2.75) is 39.0 Å². The first-order valence-electron chi connectivity index (χ1n) is 6.88. The van der Waals surface area contributed by atoms with Gasteiger partial charge in [-0.25, -0.2) is 0 Å². The van der Waals surface area contributed by atoms with Crippen molar-refractivity contribution in [1.29, 1.82) is 0 Å². The number of allylic oxidation sites excluding steroid dienone is 2. The fourth-order valence-corrected chi connectivity index (χ4v) is 2.61. The summed E-state index contributed by atoms with van der Waals surface area (Å²) in [6, 6.07) is 7.98. The molecule has 0 spiro atoms. The van der Waals surface area contributed by atoms with Crippen molar-refractivity contribution in [3.05, 3.63) is 35.4 Å². The number of rotatable bonds is 5. The third-order valence-electron chi connectivity index (χ3n) is 3.62. The molecule has 3 nitrogen and oxygen atoms in total. The highest BCUT2D eigenvalue weighted by atomic mass is 16.5. The molecule has 0 unspecified atom stereocenters. The first-order chi connectivity index (χ1) is 9.30. The van der Waals surface area contributed by atoms with Crippen LogP contribution in [-0.2, 0) is 0 Å². The lowest BCUT2D eigenvalue weighted by atomic mass is 9.98. The van der Waals surface area contributed by atoms with Gasteiger partial charge in [0.2, 0.25) is 0 Å². The molecule has 0 saturated heterocycles. The maximum absolute atomic E-state index is 9.19. The highest BCUT2D eigenvalue weighted by molar-refractivity contribution is 6.26. The Morgan fingerprint density at radius 2 is 2.16 bits per heavy atom. The summed E-state index contributed by atoms with van der Waals surface area (Å²) in [5.74, 6) is 0.837. The van der Waals surface area contributed by atoms with Crippen LogP contribution in [-0.4, -0.2) is 18.0 Å². The second-order valence-electron chi connectivity index (χ2n) is 4.86. The highest BCUT2D eigenvalue weighted by Gasteiger charge is 2.22. The van der Waals surface area contributed by atoms with Crippen LogP contribution in [0.1, 0.15) is 44.6 Å². The van der Waals surface area contributed by atoms with Crippen LogP contribution < -0.4 is 4.74 Å². The molecule has 0 saturated carbocycles. The number of methoxy groups -OCH3 is 1. The van der Waals surface area contributed by atoms with Gasteiger partial charge in [0.1, 0.15) is 5.75 Å². The van der Waals surface area contributed by atoms with E-state index in [2.05, 4.69) is 18.1 Å². The van der Waals surface area contributed by atoms with Gasteiger partial charge in [-0.2, -0.15) is 0 Å². The Kier molecular flexibility index (Phi) is 4.61. The van der Waals surface area contributed by atoms with Gasteiger partial charge in [0, 0.05) is 5.57 Å². The summed E-state index contributed by atoms with van der Waals surface area (Å²) in [4.78, 5) is 0. The van der Waals surface area contributed by atoms with Gasteiger partial charge >= 0.3 is 0 Å². The monoisotopic (exact) mass is 259 g/mol. The van der Waals surface area contributed by atoms with Crippen LogP contribution in [0.2, 0.25) is 0 Å². The Morgan fingerprint density at radius 1 is 1.32 bits per heavy atom. The second kappa shape index (κ2) is 6.41. The lowest BCUT2D eigenvalue weighted by Crippen LogP contribution is -1.98. The average Bonchev–Trinajstić information content (AvgIpc) is 2.88. The molecular weight excluding hydrogens is 238 g/mol. The Morgan fingerprint density at radius 3 is 2.84 bits per heavy atom. The quantitative estimate of drug-likeness (QED) is 0.634. The summed E-state index contributed by atoms with van der Waals surface area (Å²) in [7, 11) is 1.67. The molecule has 1 aliphatic rings. The van der Waals surface area contributed by atoms with Gasteiger partial charge in [-0.3, -0.25) is 0 Å². The highest BCUT2D eigenvalue weighted by Crippen LogP contribution is 2.35. The van der Waals surface area contributed by atoms with E-state index in [1.54, 1.807) is 7.11 Å². The van der Waals surface area contributed by atoms with E-state index < -0.39 is 0 Å². The molecule has 0 aliphatic heterocycles. The summed E-state index contributed by atoms with van der Waals surface area (Å²) in [5, 5.41) is 12.7. The number of hydrogen-bond donors (Lipinski definition) is 1. The molecule has 0 radical (unpaired) electrons. The van der Waals surface area contributed by atoms with Crippen molar-refractivity contribution < 1.29 is 9.94 Å². The molecule has 19 heavy (non-hydrogen) atoms. The SMILES string of the molecule is CCCCC1=C(c2cccc(OC)c2)C(=NO)CC1. The van der Waals surface area contributed by atoms with Crippen LogP contribution in [0, 0.1) is 0 Å². The van der Waals surface area contributed by atoms with Crippen molar-refractivity contribution in [2.75, 3.05) is 7.11 Å². The zero-order valence-corrected chi connectivity index (χ0v) is 11.6. The minimum absolute atomic E-state index is 0.805. The Labute approximate surface area is 114 Å². The summed E-state index contributed by atoms with van der Waals surface area (Å²) >= 11 is 0. The number of unbranched alkanes of at least 4 members (excludes halogenated alkanes) is 1. The van der Waals surface area contributed by atoms with Gasteiger partial charge in [0.05, 0.1) is 12.8 Å². The van der Waals surface area contributed by atoms with Crippen molar-refractivity contribution in [3.63, 3.8) is 0 Å². The maximum atomic E-state index is 9.19. The van der Waals surface area contributed by atoms with E-state index in [0.717, 1.165) is 41.9 Å². The molecule has 3 heteroatoms. The molecule has 0 fully saturated rings. The molecule has 1 aromatic rings. The van der Waals surface area contributed by atoms with E-state index in [9.17, 15) is 5.21 Å². The summed E-state index contributed by atoms with van der Waals surface area (Å²) in [5.41, 5.74) is 4.42. The molecule has 1 aliphatic carbocycles. The number of nitrogens with zero attached hydrogens (tertiary/aromatic N) is 1. The zero-order chi connectivity index (χ0) is 13.7. The molecular formula is C16H21NO2. The van der Waals surface area contributed by atoms with Crippen LogP contribution in [0.15, 0.2) is 35.0 Å². The Hall–Kier alpha value is -1.77. The average molecular weight is 259 g/mol. The largest absolute Gasteiger partial charge is 0.497 e. The first kappa shape index (κ1) is 13.7. The van der Waals surface area contributed by atoms with Crippen LogP contribution in [0.4, 0.5) is 0 Å². The fraction of sp³-hybridized carbons (Fsp3) is 0.438. The molecule has 2 rings (SSSR count). The van der Waals surface area contributed by atoms with Gasteiger partial charge in [-0.15, -0.1) is 0 Å². The van der Waals surface area contributed by atoms with E-state index in [1.807, 2.05) is 18.2 Å². The third-order valence-corrected chi connectivity index (χ3v) is 3.62. The van der Waals surface area contributed by atoms with Crippen LogP contribution in [0.25, 0.3) is 5.57 Å². The molecule has 1 aromatic carbocycles. The lowest BCUT2D eigenvalue weighted by Gasteiger charge is -2.09. The van der Waals surface area contributed by atoms with E-state index in [1.165, 1.54) is 18.4 Å². The standard InChI is InChI=1S/C16H21NO2/c1-3-4-6-12-9-10-15(17-18)16(12)13-7-5-8-14(11-13)19-2/h5,7-8,11,18H,3-4,6,9-10H2,1-2H3. The second-order valence-corrected chi connectivity index (χ2v) is 4.86. The van der Waals surface area contributed by atoms with E-state index >= 15 is 0 Å². The van der Waals surface area contributed by atoms with Crippen LogP contribution in [0.3, 0.4) is 0 Å². The number of oxime groups is 1. The van der Waals surface area contributed by atoms with E-state index in [4.69, 9.17) is 4.74 Å². The van der Waals surface area contributed by atoms with Gasteiger partial charge in [0.25, 0.3) is 0 Å². The van der Waals surface area contributed by atoms with Crippen molar-refractivity contribution in [2.24, 2.45) is 5.16 Å². The lowest BCUT2D eigenvalue weighted by molar-refractivity contribution is 0.319. The minimum atomic E-state index is 0.805. The molecule has 1 N–H and O–H groups in total. The summed E-state index contributed by atoms with van der Waals surface area (Å²) < 4.78 is 5.27. The maximum Gasteiger partial charge on any atom is 0.119 e. The van der Waals surface area contributed by atoms with E-state index in [-0.39, 0.29) is 0 Å². The molecule has 0 atom stereocenters. The molecule has 0 bridgehead atoms. The number of benzene rings is 1. The Bertz CT molecular complexity index is 503. The topological polar surface area (TPSA) is 41.8 Å². The fourth-order valence-electron chi connectivity index (χ4n) is 2.61. The minimum Gasteiger partial charge on any atom is -0.497 e. The summed E-state index contributed by atoms with van der Waals surface area (Å²) in [6.07, 6.45) is 5.29. The van der Waals surface area contributed by atoms with Crippen molar-refractivity contribution in [1.82, 2.24) is 0 Å². The normalized spacial score (nSPS) is 17.3. The smallest absolute Gasteiger partial charge is 0.119 e. The zero-order valence-electron chi connectivity index (χ0n) is 11.6. The van der Waals surface area contributed by atoms with Crippen LogP contribution >= 0.6 is 0 Å². The molecule has 102 valence electrons. The van der Waals surface area contributed by atoms with Gasteiger partial charge in [0.15, 0.2) is 0 Å². The van der Waals surface area contributed by atoms with Gasteiger partial charge in [-0.1, -0.05) is 36.2 Å². The predicted molar refractivity (Wildman–Crippen MR) is 77.9 cm³/mol. The molecule has 0 heterocycles. The van der Waals surface area contributed by atoms with Crippen molar-refractivity contribution >= 4 is 11.3 Å². The third kappa shape index (κ3) is 2.98. The predicted octanol–water partition coefficient (Wildman–Crippen LogP) is 4.26. The van der Waals surface area contributed by atoms with E-state index in [0.29, 0.717) is 0 Å². The Balaban J connectivity index is 2.39. The van der Waals surface area contributed by atoms with Crippen LogP contribution in [0.5, 0.6) is 5.75 Å². The number of ether oxygens (including phenoxy) is 1. The van der Waals surface area contributed by atoms with Gasteiger partial charge < -0.3 is 9.94 Å².